The molecule has 1 aromatic rings. The van der Waals surface area contributed by atoms with E-state index in [1.165, 1.54) is 0 Å². The molecule has 1 aromatic carbocycles. The van der Waals surface area contributed by atoms with Crippen LogP contribution in [0, 0.1) is 0 Å². The Morgan fingerprint density at radius 3 is 3.00 bits per heavy atom. The third kappa shape index (κ3) is 3.23. The summed E-state index contributed by atoms with van der Waals surface area (Å²) in [6.07, 6.45) is -0.158. The molecule has 102 valence electrons. The van der Waals surface area contributed by atoms with Gasteiger partial charge >= 0.3 is 5.97 Å². The van der Waals surface area contributed by atoms with Crippen LogP contribution in [0.3, 0.4) is 0 Å². The maximum atomic E-state index is 11.5. The van der Waals surface area contributed by atoms with Crippen molar-refractivity contribution in [2.75, 3.05) is 5.32 Å². The highest BCUT2D eigenvalue weighted by molar-refractivity contribution is 5.97. The van der Waals surface area contributed by atoms with Crippen LogP contribution in [0.25, 0.3) is 0 Å². The Balaban J connectivity index is 2.11. The number of carboxylic acids is 1. The van der Waals surface area contributed by atoms with Crippen molar-refractivity contribution in [3.8, 4) is 5.75 Å². The fourth-order valence-electron chi connectivity index (χ4n) is 1.98. The van der Waals surface area contributed by atoms with Crippen molar-refractivity contribution < 1.29 is 19.4 Å². The van der Waals surface area contributed by atoms with E-state index in [-0.39, 0.29) is 12.3 Å². The number of benzene rings is 1. The summed E-state index contributed by atoms with van der Waals surface area (Å²) in [6.45, 7) is 1.68. The zero-order valence-electron chi connectivity index (χ0n) is 10.6. The fraction of sp³-hybridized carbons (Fsp3) is 0.385. The molecule has 0 aliphatic carbocycles. The second kappa shape index (κ2) is 5.27. The molecule has 0 fully saturated rings. The van der Waals surface area contributed by atoms with Crippen molar-refractivity contribution in [3.63, 3.8) is 0 Å². The number of carbonyl (C=O) groups is 2. The minimum Gasteiger partial charge on any atom is -0.481 e. The number of hydrogen-bond acceptors (Lipinski definition) is 4. The van der Waals surface area contributed by atoms with E-state index in [0.717, 1.165) is 5.56 Å². The molecule has 2 unspecified atom stereocenters. The lowest BCUT2D eigenvalue weighted by atomic mass is 10.0. The van der Waals surface area contributed by atoms with Gasteiger partial charge in [0.25, 0.3) is 5.91 Å². The number of amides is 1. The van der Waals surface area contributed by atoms with Crippen molar-refractivity contribution in [1.29, 1.82) is 0 Å². The number of fused-ring (bicyclic) bond motifs is 1. The lowest BCUT2D eigenvalue weighted by molar-refractivity contribution is -0.137. The van der Waals surface area contributed by atoms with Crippen LogP contribution >= 0.6 is 0 Å². The maximum absolute atomic E-state index is 11.5. The van der Waals surface area contributed by atoms with Gasteiger partial charge in [-0.25, -0.2) is 0 Å². The number of nitrogens with one attached hydrogen (secondary N) is 1. The van der Waals surface area contributed by atoms with Gasteiger partial charge in [-0.1, -0.05) is 6.07 Å². The van der Waals surface area contributed by atoms with Crippen LogP contribution in [0.15, 0.2) is 18.2 Å². The predicted molar refractivity (Wildman–Crippen MR) is 69.1 cm³/mol. The maximum Gasteiger partial charge on any atom is 0.304 e. The zero-order valence-corrected chi connectivity index (χ0v) is 10.6. The zero-order chi connectivity index (χ0) is 14.0. The van der Waals surface area contributed by atoms with E-state index in [2.05, 4.69) is 5.32 Å². The van der Waals surface area contributed by atoms with E-state index in [1.807, 2.05) is 6.07 Å². The summed E-state index contributed by atoms with van der Waals surface area (Å²) in [4.78, 5) is 22.1. The second-order valence-electron chi connectivity index (χ2n) is 4.64. The Kier molecular flexibility index (Phi) is 3.71. The Hall–Kier alpha value is -2.08. The molecule has 0 spiro atoms. The van der Waals surface area contributed by atoms with Gasteiger partial charge < -0.3 is 20.9 Å². The van der Waals surface area contributed by atoms with Crippen LogP contribution in [0.2, 0.25) is 0 Å². The molecule has 1 heterocycles. The van der Waals surface area contributed by atoms with Crippen molar-refractivity contribution in [1.82, 2.24) is 0 Å². The molecule has 6 heteroatoms. The Morgan fingerprint density at radius 2 is 2.32 bits per heavy atom. The van der Waals surface area contributed by atoms with Crippen LogP contribution in [-0.4, -0.2) is 29.1 Å². The highest BCUT2D eigenvalue weighted by Gasteiger charge is 2.23. The van der Waals surface area contributed by atoms with E-state index in [4.69, 9.17) is 15.6 Å². The summed E-state index contributed by atoms with van der Waals surface area (Å²) in [5.41, 5.74) is 7.20. The summed E-state index contributed by atoms with van der Waals surface area (Å²) in [7, 11) is 0. The highest BCUT2D eigenvalue weighted by Crippen LogP contribution is 2.30. The molecule has 0 saturated carbocycles. The largest absolute Gasteiger partial charge is 0.481 e. The molecular weight excluding hydrogens is 248 g/mol. The van der Waals surface area contributed by atoms with Gasteiger partial charge in [-0.2, -0.15) is 0 Å². The predicted octanol–water partition coefficient (Wildman–Crippen LogP) is 0.750. The van der Waals surface area contributed by atoms with E-state index in [0.29, 0.717) is 17.9 Å². The molecule has 1 aliphatic rings. The fourth-order valence-corrected chi connectivity index (χ4v) is 1.98. The van der Waals surface area contributed by atoms with Crippen LogP contribution in [0.1, 0.15) is 18.9 Å². The second-order valence-corrected chi connectivity index (χ2v) is 4.64. The number of anilines is 1. The Morgan fingerprint density at radius 1 is 1.58 bits per heavy atom. The first-order valence-electron chi connectivity index (χ1n) is 6.03. The SMILES string of the molecule is CC1Oc2ccc(CC(N)CC(=O)O)cc2NC1=O. The summed E-state index contributed by atoms with van der Waals surface area (Å²) < 4.78 is 5.43. The topological polar surface area (TPSA) is 102 Å². The number of aliphatic carboxylic acids is 1. The Labute approximate surface area is 110 Å². The van der Waals surface area contributed by atoms with Crippen LogP contribution < -0.4 is 15.8 Å². The third-order valence-corrected chi connectivity index (χ3v) is 2.91. The molecule has 2 rings (SSSR count). The molecule has 1 aliphatic heterocycles. The smallest absolute Gasteiger partial charge is 0.304 e. The molecule has 0 aromatic heterocycles. The first-order valence-corrected chi connectivity index (χ1v) is 6.03. The van der Waals surface area contributed by atoms with Gasteiger partial charge in [0.1, 0.15) is 5.75 Å². The molecule has 1 amide bonds. The summed E-state index contributed by atoms with van der Waals surface area (Å²) in [5.74, 6) is -0.502. The van der Waals surface area contributed by atoms with Crippen LogP contribution in [0.5, 0.6) is 5.75 Å². The lowest BCUT2D eigenvalue weighted by Gasteiger charge is -2.24. The quantitative estimate of drug-likeness (QED) is 0.745. The molecular formula is C13H16N2O4. The normalized spacial score (nSPS) is 19.1. The van der Waals surface area contributed by atoms with Crippen molar-refractivity contribution in [3.05, 3.63) is 23.8 Å². The van der Waals surface area contributed by atoms with Gasteiger partial charge in [-0.3, -0.25) is 9.59 Å². The first-order chi connectivity index (χ1) is 8.95. The number of carbonyl (C=O) groups excluding carboxylic acids is 1. The number of nitrogens with two attached hydrogens (primary N) is 1. The van der Waals surface area contributed by atoms with Gasteiger partial charge in [-0.15, -0.1) is 0 Å². The molecule has 0 radical (unpaired) electrons. The van der Waals surface area contributed by atoms with Gasteiger partial charge in [-0.05, 0) is 31.0 Å². The molecule has 0 bridgehead atoms. The average Bonchev–Trinajstić information content (AvgIpc) is 2.30. The summed E-state index contributed by atoms with van der Waals surface area (Å²) in [5, 5.41) is 11.4. The summed E-state index contributed by atoms with van der Waals surface area (Å²) >= 11 is 0. The molecule has 2 atom stereocenters. The number of hydrogen-bond donors (Lipinski definition) is 3. The lowest BCUT2D eigenvalue weighted by Crippen LogP contribution is -2.34. The van der Waals surface area contributed by atoms with Crippen molar-refractivity contribution >= 4 is 17.6 Å². The highest BCUT2D eigenvalue weighted by atomic mass is 16.5. The number of carboxylic acid groups (broad SMARTS) is 1. The van der Waals surface area contributed by atoms with Crippen molar-refractivity contribution in [2.24, 2.45) is 5.73 Å². The van der Waals surface area contributed by atoms with Crippen LogP contribution in [0.4, 0.5) is 5.69 Å². The third-order valence-electron chi connectivity index (χ3n) is 2.91. The molecule has 19 heavy (non-hydrogen) atoms. The van der Waals surface area contributed by atoms with Gasteiger partial charge in [0.15, 0.2) is 6.10 Å². The minimum atomic E-state index is -0.920. The average molecular weight is 264 g/mol. The van der Waals surface area contributed by atoms with Gasteiger partial charge in [0.2, 0.25) is 0 Å². The standard InChI is InChI=1S/C13H16N2O4/c1-7-13(18)15-10-5-8(2-3-11(10)19-7)4-9(14)6-12(16)17/h2-3,5,7,9H,4,6,14H2,1H3,(H,15,18)(H,16,17). The number of rotatable bonds is 4. The van der Waals surface area contributed by atoms with Crippen molar-refractivity contribution in [2.45, 2.75) is 31.9 Å². The Bertz CT molecular complexity index is 515. The first kappa shape index (κ1) is 13.4. The van der Waals surface area contributed by atoms with Crippen LogP contribution in [-0.2, 0) is 16.0 Å². The minimum absolute atomic E-state index is 0.0863. The molecule has 0 saturated heterocycles. The van der Waals surface area contributed by atoms with Gasteiger partial charge in [0, 0.05) is 6.04 Å². The van der Waals surface area contributed by atoms with E-state index in [9.17, 15) is 9.59 Å². The summed E-state index contributed by atoms with van der Waals surface area (Å²) in [6, 6.07) is 4.90. The molecule has 6 nitrogen and oxygen atoms in total. The van der Waals surface area contributed by atoms with E-state index in [1.54, 1.807) is 19.1 Å². The van der Waals surface area contributed by atoms with Gasteiger partial charge in [0.05, 0.1) is 12.1 Å². The number of ether oxygens (including phenoxy) is 1. The van der Waals surface area contributed by atoms with E-state index >= 15 is 0 Å². The molecule has 4 N–H and O–H groups in total. The van der Waals surface area contributed by atoms with E-state index < -0.39 is 18.1 Å². The monoisotopic (exact) mass is 264 g/mol.